The fourth-order valence-corrected chi connectivity index (χ4v) is 6.21. The van der Waals surface area contributed by atoms with Gasteiger partial charge in [-0.05, 0) is 97.3 Å². The molecule has 1 N–H and O–H groups in total. The number of aryl methyl sites for hydroxylation is 1. The van der Waals surface area contributed by atoms with Crippen molar-refractivity contribution in [2.45, 2.75) is 50.7 Å². The second-order valence-corrected chi connectivity index (χ2v) is 10.2. The number of benzene rings is 2. The quantitative estimate of drug-likeness (QED) is 0.743. The van der Waals surface area contributed by atoms with Gasteiger partial charge in [0.05, 0.1) is 13.2 Å². The first-order valence-electron chi connectivity index (χ1n) is 12.1. The minimum absolute atomic E-state index is 0.0474. The van der Waals surface area contributed by atoms with Crippen LogP contribution >= 0.6 is 0 Å². The number of methoxy groups -OCH3 is 1. The number of fused-ring (bicyclic) bond motifs is 4. The molecule has 3 aliphatic heterocycles. The van der Waals surface area contributed by atoms with Crippen LogP contribution in [0.1, 0.15) is 49.3 Å². The van der Waals surface area contributed by atoms with E-state index in [9.17, 15) is 4.79 Å². The van der Waals surface area contributed by atoms with Crippen LogP contribution in [-0.4, -0.2) is 43.8 Å². The summed E-state index contributed by atoms with van der Waals surface area (Å²) in [7, 11) is 1.70. The van der Waals surface area contributed by atoms with Gasteiger partial charge in [0.15, 0.2) is 0 Å². The van der Waals surface area contributed by atoms with Crippen molar-refractivity contribution in [1.29, 1.82) is 0 Å². The highest BCUT2D eigenvalue weighted by atomic mass is 16.6. The SMILES string of the molecule is COc1cccc(-c2ccc3c(c2)CCC2(CC2)C3NC(=O)O[C@H]2CN3CCC2CC3)c1. The lowest BCUT2D eigenvalue weighted by molar-refractivity contribution is -0.0347. The molecule has 1 saturated carbocycles. The molecule has 1 amide bonds. The highest BCUT2D eigenvalue weighted by Gasteiger charge is 2.53. The van der Waals surface area contributed by atoms with Crippen molar-refractivity contribution >= 4 is 6.09 Å². The third-order valence-electron chi connectivity index (χ3n) is 8.37. The molecular formula is C27H32N2O3. The largest absolute Gasteiger partial charge is 0.497 e. The summed E-state index contributed by atoms with van der Waals surface area (Å²) in [6.45, 7) is 3.20. The van der Waals surface area contributed by atoms with Crippen molar-refractivity contribution < 1.29 is 14.3 Å². The van der Waals surface area contributed by atoms with Crippen molar-refractivity contribution in [3.8, 4) is 16.9 Å². The van der Waals surface area contributed by atoms with E-state index in [4.69, 9.17) is 9.47 Å². The van der Waals surface area contributed by atoms with Crippen molar-refractivity contribution in [2.24, 2.45) is 11.3 Å². The molecule has 2 bridgehead atoms. The summed E-state index contributed by atoms with van der Waals surface area (Å²) >= 11 is 0. The van der Waals surface area contributed by atoms with E-state index in [1.54, 1.807) is 7.11 Å². The summed E-state index contributed by atoms with van der Waals surface area (Å²) in [6.07, 6.45) is 6.70. The number of ether oxygens (including phenoxy) is 2. The molecule has 2 aromatic carbocycles. The minimum atomic E-state index is -0.232. The van der Waals surface area contributed by atoms with Gasteiger partial charge in [-0.1, -0.05) is 30.3 Å². The zero-order chi connectivity index (χ0) is 21.7. The van der Waals surface area contributed by atoms with Gasteiger partial charge in [-0.15, -0.1) is 0 Å². The predicted molar refractivity (Wildman–Crippen MR) is 124 cm³/mol. The van der Waals surface area contributed by atoms with Gasteiger partial charge in [-0.2, -0.15) is 0 Å². The van der Waals surface area contributed by atoms with Crippen molar-refractivity contribution in [1.82, 2.24) is 10.2 Å². The van der Waals surface area contributed by atoms with E-state index in [0.717, 1.165) is 56.6 Å². The summed E-state index contributed by atoms with van der Waals surface area (Å²) in [6, 6.07) is 15.0. The summed E-state index contributed by atoms with van der Waals surface area (Å²) in [5.41, 5.74) is 5.19. The van der Waals surface area contributed by atoms with Crippen LogP contribution in [-0.2, 0) is 11.2 Å². The van der Waals surface area contributed by atoms with Gasteiger partial charge in [0, 0.05) is 6.54 Å². The Morgan fingerprint density at radius 2 is 1.88 bits per heavy atom. The molecule has 1 unspecified atom stereocenters. The van der Waals surface area contributed by atoms with Crippen LogP contribution in [0, 0.1) is 11.3 Å². The Balaban J connectivity index is 1.22. The number of piperidine rings is 3. The van der Waals surface area contributed by atoms with Crippen LogP contribution in [0.5, 0.6) is 5.75 Å². The summed E-state index contributed by atoms with van der Waals surface area (Å²) in [5, 5.41) is 3.31. The zero-order valence-corrected chi connectivity index (χ0v) is 18.8. The Labute approximate surface area is 190 Å². The van der Waals surface area contributed by atoms with Gasteiger partial charge in [0.25, 0.3) is 0 Å². The topological polar surface area (TPSA) is 50.8 Å². The molecule has 2 atom stereocenters. The summed E-state index contributed by atoms with van der Waals surface area (Å²) in [5.74, 6) is 1.40. The molecule has 0 radical (unpaired) electrons. The Morgan fingerprint density at radius 1 is 1.06 bits per heavy atom. The zero-order valence-electron chi connectivity index (χ0n) is 18.8. The van der Waals surface area contributed by atoms with Crippen LogP contribution < -0.4 is 10.1 Å². The fraction of sp³-hybridized carbons (Fsp3) is 0.519. The van der Waals surface area contributed by atoms with Crippen molar-refractivity contribution in [3.63, 3.8) is 0 Å². The van der Waals surface area contributed by atoms with Crippen LogP contribution in [0.3, 0.4) is 0 Å². The minimum Gasteiger partial charge on any atom is -0.497 e. The van der Waals surface area contributed by atoms with E-state index in [0.29, 0.717) is 5.92 Å². The first-order chi connectivity index (χ1) is 15.6. The lowest BCUT2D eigenvalue weighted by atomic mass is 9.76. The van der Waals surface area contributed by atoms with Crippen LogP contribution in [0.4, 0.5) is 4.79 Å². The average Bonchev–Trinajstić information content (AvgIpc) is 3.62. The standard InChI is InChI=1S/C27H32N2O3/c1-31-22-4-2-3-19(16-22)20-5-6-23-21(15-20)7-10-27(11-12-27)25(23)28-26(30)32-24-17-29-13-8-18(24)9-14-29/h2-6,15-16,18,24-25H,7-14,17H2,1H3,(H,28,30)/t24-,25?/m0/s1. The maximum absolute atomic E-state index is 13.0. The average molecular weight is 433 g/mol. The van der Waals surface area contributed by atoms with Crippen LogP contribution in [0.25, 0.3) is 11.1 Å². The van der Waals surface area contributed by atoms with Gasteiger partial charge < -0.3 is 14.8 Å². The fourth-order valence-electron chi connectivity index (χ4n) is 6.21. The summed E-state index contributed by atoms with van der Waals surface area (Å²) < 4.78 is 11.4. The molecule has 3 heterocycles. The van der Waals surface area contributed by atoms with E-state index in [2.05, 4.69) is 40.5 Å². The molecule has 5 nitrogen and oxygen atoms in total. The molecule has 32 heavy (non-hydrogen) atoms. The number of alkyl carbamates (subject to hydrolysis) is 1. The van der Waals surface area contributed by atoms with Gasteiger partial charge >= 0.3 is 6.09 Å². The number of nitrogens with one attached hydrogen (secondary N) is 1. The molecule has 0 aromatic heterocycles. The van der Waals surface area contributed by atoms with E-state index >= 15 is 0 Å². The molecule has 1 spiro atoms. The third-order valence-corrected chi connectivity index (χ3v) is 8.37. The number of hydrogen-bond acceptors (Lipinski definition) is 4. The van der Waals surface area contributed by atoms with E-state index in [1.807, 2.05) is 12.1 Å². The summed E-state index contributed by atoms with van der Waals surface area (Å²) in [4.78, 5) is 15.4. The lowest BCUT2D eigenvalue weighted by Gasteiger charge is -2.44. The molecule has 5 aliphatic rings. The van der Waals surface area contributed by atoms with Crippen LogP contribution in [0.2, 0.25) is 0 Å². The molecule has 2 aliphatic carbocycles. The van der Waals surface area contributed by atoms with Gasteiger partial charge in [-0.3, -0.25) is 4.90 Å². The van der Waals surface area contributed by atoms with E-state index in [-0.39, 0.29) is 23.7 Å². The lowest BCUT2D eigenvalue weighted by Crippen LogP contribution is -2.53. The number of rotatable bonds is 4. The molecule has 168 valence electrons. The second kappa shape index (κ2) is 7.80. The maximum Gasteiger partial charge on any atom is 0.407 e. The first kappa shape index (κ1) is 20.1. The predicted octanol–water partition coefficient (Wildman–Crippen LogP) is 4.95. The molecule has 4 fully saturated rings. The monoisotopic (exact) mass is 432 g/mol. The number of hydrogen-bond donors (Lipinski definition) is 1. The highest BCUT2D eigenvalue weighted by molar-refractivity contribution is 5.70. The Morgan fingerprint density at radius 3 is 2.59 bits per heavy atom. The second-order valence-electron chi connectivity index (χ2n) is 10.2. The molecule has 2 aromatic rings. The van der Waals surface area contributed by atoms with Gasteiger partial charge in [0.1, 0.15) is 11.9 Å². The third kappa shape index (κ3) is 3.57. The Kier molecular flexibility index (Phi) is 4.90. The number of nitrogens with zero attached hydrogens (tertiary/aromatic N) is 1. The highest BCUT2D eigenvalue weighted by Crippen LogP contribution is 2.61. The molecule has 7 rings (SSSR count). The number of carbonyl (C=O) groups excluding carboxylic acids is 1. The van der Waals surface area contributed by atoms with Gasteiger partial charge in [-0.25, -0.2) is 4.79 Å². The van der Waals surface area contributed by atoms with Crippen molar-refractivity contribution in [3.05, 3.63) is 53.6 Å². The van der Waals surface area contributed by atoms with Crippen LogP contribution in [0.15, 0.2) is 42.5 Å². The maximum atomic E-state index is 13.0. The first-order valence-corrected chi connectivity index (χ1v) is 12.1. The van der Waals surface area contributed by atoms with Crippen molar-refractivity contribution in [2.75, 3.05) is 26.7 Å². The number of carbonyl (C=O) groups is 1. The molecular weight excluding hydrogens is 400 g/mol. The van der Waals surface area contributed by atoms with E-state index < -0.39 is 0 Å². The molecule has 3 saturated heterocycles. The normalized spacial score (nSPS) is 29.3. The van der Waals surface area contributed by atoms with Gasteiger partial charge in [0.2, 0.25) is 0 Å². The molecule has 5 heteroatoms. The Bertz CT molecular complexity index is 1020. The number of amides is 1. The van der Waals surface area contributed by atoms with E-state index in [1.165, 1.54) is 29.5 Å². The smallest absolute Gasteiger partial charge is 0.407 e. The Hall–Kier alpha value is -2.53.